The molecule has 1 aromatic heterocycles. The average molecular weight is 236 g/mol. The van der Waals surface area contributed by atoms with Crippen molar-refractivity contribution in [3.05, 3.63) is 24.0 Å². The lowest BCUT2D eigenvalue weighted by Gasteiger charge is -2.18. The Labute approximate surface area is 102 Å². The molecule has 0 spiro atoms. The van der Waals surface area contributed by atoms with Gasteiger partial charge in [0.25, 0.3) is 0 Å². The minimum atomic E-state index is -0.0649. The number of nitrogens with one attached hydrogen (secondary N) is 1. The molecular weight excluding hydrogens is 216 g/mol. The van der Waals surface area contributed by atoms with Crippen LogP contribution in [0.25, 0.3) is 0 Å². The lowest BCUT2D eigenvalue weighted by molar-refractivity contribution is -0.122. The van der Waals surface area contributed by atoms with Crippen LogP contribution in [0.15, 0.2) is 18.3 Å². The molecule has 0 saturated carbocycles. The van der Waals surface area contributed by atoms with E-state index >= 15 is 0 Å². The number of amides is 1. The molecule has 0 saturated heterocycles. The summed E-state index contributed by atoms with van der Waals surface area (Å²) in [5.41, 5.74) is 0.567. The van der Waals surface area contributed by atoms with Gasteiger partial charge in [-0.25, -0.2) is 0 Å². The third-order valence-electron chi connectivity index (χ3n) is 2.89. The third kappa shape index (κ3) is 3.73. The van der Waals surface area contributed by atoms with Crippen molar-refractivity contribution >= 4 is 11.7 Å². The summed E-state index contributed by atoms with van der Waals surface area (Å²) < 4.78 is 1.67. The standard InChI is InChI=1S/C13H20N2O2/c1-9(2)10(3)14-13(17)8-15-7-5-6-12(15)11(4)16/h5-7,9-10H,8H2,1-4H3,(H,14,17). The largest absolute Gasteiger partial charge is 0.352 e. The Morgan fingerprint density at radius 3 is 2.53 bits per heavy atom. The van der Waals surface area contributed by atoms with Gasteiger partial charge in [0.2, 0.25) is 5.91 Å². The maximum atomic E-state index is 11.8. The quantitative estimate of drug-likeness (QED) is 0.793. The molecule has 1 heterocycles. The van der Waals surface area contributed by atoms with E-state index in [4.69, 9.17) is 0 Å². The third-order valence-corrected chi connectivity index (χ3v) is 2.89. The van der Waals surface area contributed by atoms with Gasteiger partial charge < -0.3 is 9.88 Å². The molecule has 4 heteroatoms. The molecule has 0 aliphatic carbocycles. The van der Waals surface area contributed by atoms with Gasteiger partial charge in [0, 0.05) is 19.2 Å². The van der Waals surface area contributed by atoms with Crippen LogP contribution in [0.3, 0.4) is 0 Å². The van der Waals surface area contributed by atoms with Crippen molar-refractivity contribution in [1.29, 1.82) is 0 Å². The summed E-state index contributed by atoms with van der Waals surface area (Å²) in [4.78, 5) is 23.0. The fraction of sp³-hybridized carbons (Fsp3) is 0.538. The molecule has 1 unspecified atom stereocenters. The molecule has 0 aliphatic rings. The molecule has 1 N–H and O–H groups in total. The summed E-state index contributed by atoms with van der Waals surface area (Å²) in [6.45, 7) is 7.78. The zero-order valence-electron chi connectivity index (χ0n) is 10.9. The normalized spacial score (nSPS) is 12.5. The number of nitrogens with zero attached hydrogens (tertiary/aromatic N) is 1. The van der Waals surface area contributed by atoms with Crippen molar-refractivity contribution in [2.75, 3.05) is 0 Å². The maximum Gasteiger partial charge on any atom is 0.240 e. The number of ketones is 1. The number of carbonyl (C=O) groups is 2. The van der Waals surface area contributed by atoms with Gasteiger partial charge in [0.15, 0.2) is 5.78 Å². The van der Waals surface area contributed by atoms with E-state index in [-0.39, 0.29) is 24.3 Å². The topological polar surface area (TPSA) is 51.1 Å². The van der Waals surface area contributed by atoms with E-state index < -0.39 is 0 Å². The maximum absolute atomic E-state index is 11.8. The first-order valence-electron chi connectivity index (χ1n) is 5.87. The van der Waals surface area contributed by atoms with Crippen molar-refractivity contribution in [2.45, 2.75) is 40.3 Å². The van der Waals surface area contributed by atoms with E-state index in [2.05, 4.69) is 19.2 Å². The predicted octanol–water partition coefficient (Wildman–Crippen LogP) is 1.85. The molecule has 1 rings (SSSR count). The van der Waals surface area contributed by atoms with Crippen molar-refractivity contribution in [2.24, 2.45) is 5.92 Å². The van der Waals surface area contributed by atoms with Gasteiger partial charge in [-0.15, -0.1) is 0 Å². The minimum Gasteiger partial charge on any atom is -0.352 e. The summed E-state index contributed by atoms with van der Waals surface area (Å²) in [5, 5.41) is 2.91. The van der Waals surface area contributed by atoms with E-state index in [0.29, 0.717) is 11.6 Å². The highest BCUT2D eigenvalue weighted by molar-refractivity contribution is 5.93. The lowest BCUT2D eigenvalue weighted by Crippen LogP contribution is -2.38. The van der Waals surface area contributed by atoms with Crippen LogP contribution in [0.5, 0.6) is 0 Å². The average Bonchev–Trinajstić information content (AvgIpc) is 2.65. The zero-order valence-corrected chi connectivity index (χ0v) is 10.9. The monoisotopic (exact) mass is 236 g/mol. The zero-order chi connectivity index (χ0) is 13.0. The molecule has 0 bridgehead atoms. The van der Waals surface area contributed by atoms with Gasteiger partial charge >= 0.3 is 0 Å². The van der Waals surface area contributed by atoms with E-state index in [9.17, 15) is 9.59 Å². The first-order chi connectivity index (χ1) is 7.91. The van der Waals surface area contributed by atoms with Gasteiger partial charge in [-0.05, 0) is 25.0 Å². The highest BCUT2D eigenvalue weighted by atomic mass is 16.2. The van der Waals surface area contributed by atoms with E-state index in [1.807, 2.05) is 6.92 Å². The van der Waals surface area contributed by atoms with E-state index in [0.717, 1.165) is 0 Å². The summed E-state index contributed by atoms with van der Waals surface area (Å²) in [5.74, 6) is 0.306. The highest BCUT2D eigenvalue weighted by Gasteiger charge is 2.13. The number of Topliss-reactive ketones (excluding diaryl/α,β-unsaturated/α-hetero) is 1. The molecule has 1 amide bonds. The van der Waals surface area contributed by atoms with Crippen LogP contribution in [0, 0.1) is 5.92 Å². The first-order valence-corrected chi connectivity index (χ1v) is 5.87. The fourth-order valence-electron chi connectivity index (χ4n) is 1.49. The SMILES string of the molecule is CC(=O)c1cccn1CC(=O)NC(C)C(C)C. The number of hydrogen-bond donors (Lipinski definition) is 1. The minimum absolute atomic E-state index is 0.0280. The summed E-state index contributed by atoms with van der Waals surface area (Å²) >= 11 is 0. The molecule has 4 nitrogen and oxygen atoms in total. The van der Waals surface area contributed by atoms with Crippen LogP contribution in [-0.4, -0.2) is 22.3 Å². The van der Waals surface area contributed by atoms with Crippen LogP contribution in [-0.2, 0) is 11.3 Å². The fourth-order valence-corrected chi connectivity index (χ4v) is 1.49. The number of rotatable bonds is 5. The molecule has 1 aromatic rings. The van der Waals surface area contributed by atoms with E-state index in [1.54, 1.807) is 22.9 Å². The van der Waals surface area contributed by atoms with Gasteiger partial charge in [0.05, 0.1) is 5.69 Å². The second kappa shape index (κ2) is 5.66. The Morgan fingerprint density at radius 1 is 1.35 bits per heavy atom. The number of carbonyl (C=O) groups excluding carboxylic acids is 2. The molecule has 94 valence electrons. The Morgan fingerprint density at radius 2 is 2.00 bits per heavy atom. The smallest absolute Gasteiger partial charge is 0.240 e. The van der Waals surface area contributed by atoms with Gasteiger partial charge in [-0.1, -0.05) is 13.8 Å². The summed E-state index contributed by atoms with van der Waals surface area (Å²) in [7, 11) is 0. The van der Waals surface area contributed by atoms with Crippen LogP contribution < -0.4 is 5.32 Å². The van der Waals surface area contributed by atoms with Gasteiger partial charge in [0.1, 0.15) is 6.54 Å². The number of hydrogen-bond acceptors (Lipinski definition) is 2. The van der Waals surface area contributed by atoms with Gasteiger partial charge in [-0.3, -0.25) is 9.59 Å². The lowest BCUT2D eigenvalue weighted by atomic mass is 10.1. The predicted molar refractivity (Wildman–Crippen MR) is 66.9 cm³/mol. The summed E-state index contributed by atoms with van der Waals surface area (Å²) in [6.07, 6.45) is 1.75. The Kier molecular flexibility index (Phi) is 4.49. The van der Waals surface area contributed by atoms with Gasteiger partial charge in [-0.2, -0.15) is 0 Å². The molecule has 1 atom stereocenters. The molecule has 0 aliphatic heterocycles. The highest BCUT2D eigenvalue weighted by Crippen LogP contribution is 2.04. The van der Waals surface area contributed by atoms with Crippen LogP contribution in [0.4, 0.5) is 0 Å². The van der Waals surface area contributed by atoms with Crippen LogP contribution >= 0.6 is 0 Å². The van der Waals surface area contributed by atoms with Crippen molar-refractivity contribution in [3.8, 4) is 0 Å². The van der Waals surface area contributed by atoms with E-state index in [1.165, 1.54) is 6.92 Å². The molecule has 17 heavy (non-hydrogen) atoms. The van der Waals surface area contributed by atoms with Crippen molar-refractivity contribution in [1.82, 2.24) is 9.88 Å². The molecule has 0 aromatic carbocycles. The molecule has 0 fully saturated rings. The second-order valence-corrected chi connectivity index (χ2v) is 4.68. The van der Waals surface area contributed by atoms with Crippen molar-refractivity contribution in [3.63, 3.8) is 0 Å². The Balaban J connectivity index is 2.62. The first kappa shape index (κ1) is 13.5. The summed E-state index contributed by atoms with van der Waals surface area (Å²) in [6, 6.07) is 3.64. The molecule has 0 radical (unpaired) electrons. The van der Waals surface area contributed by atoms with Crippen molar-refractivity contribution < 1.29 is 9.59 Å². The van der Waals surface area contributed by atoms with Crippen LogP contribution in [0.2, 0.25) is 0 Å². The molecular formula is C13H20N2O2. The van der Waals surface area contributed by atoms with Crippen LogP contribution in [0.1, 0.15) is 38.2 Å². The Bertz CT molecular complexity index is 407. The number of aromatic nitrogens is 1. The second-order valence-electron chi connectivity index (χ2n) is 4.68. The Hall–Kier alpha value is -1.58.